The fourth-order valence-corrected chi connectivity index (χ4v) is 2.45. The molecule has 1 N–H and O–H groups in total. The lowest BCUT2D eigenvalue weighted by Crippen LogP contribution is -2.18. The molecule has 3 nitrogen and oxygen atoms in total. The van der Waals surface area contributed by atoms with Crippen molar-refractivity contribution in [2.24, 2.45) is 5.92 Å². The molecule has 0 saturated carbocycles. The number of rotatable bonds is 5. The van der Waals surface area contributed by atoms with Crippen LogP contribution in [-0.2, 0) is 6.54 Å². The zero-order chi connectivity index (χ0) is 14.7. The van der Waals surface area contributed by atoms with Gasteiger partial charge in [0.15, 0.2) is 5.76 Å². The molecule has 21 heavy (non-hydrogen) atoms. The fraction of sp³-hybridized carbons (Fsp3) is 0.278. The summed E-state index contributed by atoms with van der Waals surface area (Å²) in [5.74, 6) is 1.46. The number of hydrogen-bond donors (Lipinski definition) is 1. The topological polar surface area (TPSA) is 38.1 Å². The maximum Gasteiger partial charge on any atom is 0.167 e. The van der Waals surface area contributed by atoms with Crippen LogP contribution in [0.5, 0.6) is 0 Å². The van der Waals surface area contributed by atoms with Gasteiger partial charge >= 0.3 is 0 Å². The minimum absolute atomic E-state index is 0.634. The molecule has 0 saturated heterocycles. The largest absolute Gasteiger partial charge is 0.356 e. The van der Waals surface area contributed by atoms with Crippen LogP contribution in [0.2, 0.25) is 0 Å². The molecule has 1 heterocycles. The Bertz CT molecular complexity index is 725. The van der Waals surface area contributed by atoms with E-state index in [4.69, 9.17) is 4.52 Å². The monoisotopic (exact) mass is 280 g/mol. The summed E-state index contributed by atoms with van der Waals surface area (Å²) in [6.07, 6.45) is 0. The van der Waals surface area contributed by atoms with E-state index in [2.05, 4.69) is 54.7 Å². The number of hydrogen-bond acceptors (Lipinski definition) is 3. The highest BCUT2D eigenvalue weighted by atomic mass is 16.5. The van der Waals surface area contributed by atoms with Gasteiger partial charge in [-0.25, -0.2) is 0 Å². The molecule has 0 aliphatic heterocycles. The molecule has 0 spiro atoms. The summed E-state index contributed by atoms with van der Waals surface area (Å²) in [6.45, 7) is 6.11. The van der Waals surface area contributed by atoms with E-state index < -0.39 is 0 Å². The Balaban J connectivity index is 1.85. The van der Waals surface area contributed by atoms with Crippen molar-refractivity contribution < 1.29 is 4.52 Å². The summed E-state index contributed by atoms with van der Waals surface area (Å²) in [7, 11) is 0. The van der Waals surface area contributed by atoms with Crippen LogP contribution in [0.15, 0.2) is 53.1 Å². The van der Waals surface area contributed by atoms with E-state index in [9.17, 15) is 0 Å². The molecule has 0 atom stereocenters. The first-order chi connectivity index (χ1) is 10.2. The first kappa shape index (κ1) is 13.8. The molecule has 3 heteroatoms. The molecule has 0 unspecified atom stereocenters. The highest BCUT2D eigenvalue weighted by Gasteiger charge is 2.09. The first-order valence-corrected chi connectivity index (χ1v) is 7.38. The molecule has 3 aromatic rings. The number of nitrogens with zero attached hydrogens (tertiary/aromatic N) is 1. The smallest absolute Gasteiger partial charge is 0.167 e. The van der Waals surface area contributed by atoms with Crippen molar-refractivity contribution in [1.82, 2.24) is 10.5 Å². The molecule has 1 aromatic heterocycles. The molecular weight excluding hydrogens is 260 g/mol. The van der Waals surface area contributed by atoms with Gasteiger partial charge in [-0.3, -0.25) is 0 Å². The second-order valence-corrected chi connectivity index (χ2v) is 5.73. The summed E-state index contributed by atoms with van der Waals surface area (Å²) >= 11 is 0. The lowest BCUT2D eigenvalue weighted by molar-refractivity contribution is 0.418. The van der Waals surface area contributed by atoms with Crippen LogP contribution in [0, 0.1) is 5.92 Å². The minimum atomic E-state index is 0.634. The molecular formula is C18H20N2O. The zero-order valence-corrected chi connectivity index (χ0v) is 12.5. The molecule has 0 aliphatic carbocycles. The Morgan fingerprint density at radius 3 is 2.76 bits per heavy atom. The maximum atomic E-state index is 5.53. The highest BCUT2D eigenvalue weighted by Crippen LogP contribution is 2.28. The Hall–Kier alpha value is -2.13. The van der Waals surface area contributed by atoms with Crippen molar-refractivity contribution in [3.8, 4) is 11.3 Å². The normalized spacial score (nSPS) is 11.4. The highest BCUT2D eigenvalue weighted by molar-refractivity contribution is 5.95. The van der Waals surface area contributed by atoms with Crippen LogP contribution < -0.4 is 5.32 Å². The third-order valence-corrected chi connectivity index (χ3v) is 3.47. The van der Waals surface area contributed by atoms with Crippen LogP contribution in [0.4, 0.5) is 0 Å². The SMILES string of the molecule is CC(C)CNCc1cc(-c2cccc3ccccc23)on1. The van der Waals surface area contributed by atoms with Gasteiger partial charge in [-0.05, 0) is 23.2 Å². The number of aromatic nitrogens is 1. The summed E-state index contributed by atoms with van der Waals surface area (Å²) in [5.41, 5.74) is 2.04. The van der Waals surface area contributed by atoms with E-state index in [1.54, 1.807) is 0 Å². The van der Waals surface area contributed by atoms with Gasteiger partial charge in [0, 0.05) is 18.2 Å². The van der Waals surface area contributed by atoms with Crippen molar-refractivity contribution in [1.29, 1.82) is 0 Å². The van der Waals surface area contributed by atoms with E-state index >= 15 is 0 Å². The third kappa shape index (κ3) is 3.14. The molecule has 0 aliphatic rings. The summed E-state index contributed by atoms with van der Waals surface area (Å²) < 4.78 is 5.53. The van der Waals surface area contributed by atoms with E-state index in [-0.39, 0.29) is 0 Å². The van der Waals surface area contributed by atoms with Crippen LogP contribution >= 0.6 is 0 Å². The maximum absolute atomic E-state index is 5.53. The van der Waals surface area contributed by atoms with Crippen LogP contribution in [-0.4, -0.2) is 11.7 Å². The molecule has 3 rings (SSSR count). The number of nitrogens with one attached hydrogen (secondary N) is 1. The Morgan fingerprint density at radius 2 is 1.90 bits per heavy atom. The average molecular weight is 280 g/mol. The Morgan fingerprint density at radius 1 is 1.10 bits per heavy atom. The van der Waals surface area contributed by atoms with Gasteiger partial charge in [-0.1, -0.05) is 61.5 Å². The van der Waals surface area contributed by atoms with E-state index in [0.717, 1.165) is 30.1 Å². The van der Waals surface area contributed by atoms with Gasteiger partial charge in [-0.2, -0.15) is 0 Å². The third-order valence-electron chi connectivity index (χ3n) is 3.47. The van der Waals surface area contributed by atoms with Crippen LogP contribution in [0.3, 0.4) is 0 Å². The van der Waals surface area contributed by atoms with Crippen LogP contribution in [0.25, 0.3) is 22.1 Å². The minimum Gasteiger partial charge on any atom is -0.356 e. The molecule has 2 aromatic carbocycles. The molecule has 0 radical (unpaired) electrons. The van der Waals surface area contributed by atoms with E-state index in [0.29, 0.717) is 5.92 Å². The van der Waals surface area contributed by atoms with Crippen molar-refractivity contribution in [2.45, 2.75) is 20.4 Å². The van der Waals surface area contributed by atoms with Crippen molar-refractivity contribution >= 4 is 10.8 Å². The number of fused-ring (bicyclic) bond motifs is 1. The van der Waals surface area contributed by atoms with Gasteiger partial charge in [0.2, 0.25) is 0 Å². The lowest BCUT2D eigenvalue weighted by atomic mass is 10.0. The van der Waals surface area contributed by atoms with E-state index in [1.165, 1.54) is 10.8 Å². The van der Waals surface area contributed by atoms with Gasteiger partial charge in [-0.15, -0.1) is 0 Å². The van der Waals surface area contributed by atoms with Gasteiger partial charge in [0.1, 0.15) is 0 Å². The van der Waals surface area contributed by atoms with Crippen molar-refractivity contribution in [3.63, 3.8) is 0 Å². The fourth-order valence-electron chi connectivity index (χ4n) is 2.45. The van der Waals surface area contributed by atoms with Crippen LogP contribution in [0.1, 0.15) is 19.5 Å². The van der Waals surface area contributed by atoms with Crippen molar-refractivity contribution in [2.75, 3.05) is 6.54 Å². The van der Waals surface area contributed by atoms with Gasteiger partial charge in [0.25, 0.3) is 0 Å². The predicted octanol–water partition coefficient (Wildman–Crippen LogP) is 4.24. The summed E-state index contributed by atoms with van der Waals surface area (Å²) in [5, 5.41) is 9.95. The molecule has 108 valence electrons. The van der Waals surface area contributed by atoms with Crippen molar-refractivity contribution in [3.05, 3.63) is 54.2 Å². The van der Waals surface area contributed by atoms with Gasteiger partial charge in [0.05, 0.1) is 5.69 Å². The lowest BCUT2D eigenvalue weighted by Gasteiger charge is -2.04. The second-order valence-electron chi connectivity index (χ2n) is 5.73. The molecule has 0 amide bonds. The standard InChI is InChI=1S/C18H20N2O/c1-13(2)11-19-12-15-10-18(21-20-15)17-9-5-7-14-6-3-4-8-16(14)17/h3-10,13,19H,11-12H2,1-2H3. The van der Waals surface area contributed by atoms with E-state index in [1.807, 2.05) is 18.2 Å². The molecule has 0 fully saturated rings. The summed E-state index contributed by atoms with van der Waals surface area (Å²) in [6, 6.07) is 16.6. The predicted molar refractivity (Wildman–Crippen MR) is 86.0 cm³/mol. The zero-order valence-electron chi connectivity index (χ0n) is 12.5. The quantitative estimate of drug-likeness (QED) is 0.759. The second kappa shape index (κ2) is 6.10. The number of benzene rings is 2. The Labute approximate surface area is 125 Å². The van der Waals surface area contributed by atoms with Gasteiger partial charge < -0.3 is 9.84 Å². The first-order valence-electron chi connectivity index (χ1n) is 7.38. The average Bonchev–Trinajstić information content (AvgIpc) is 2.95. The Kier molecular flexibility index (Phi) is 4.02. The summed E-state index contributed by atoms with van der Waals surface area (Å²) in [4.78, 5) is 0. The molecule has 0 bridgehead atoms.